The Labute approximate surface area is 109 Å². The highest BCUT2D eigenvalue weighted by Crippen LogP contribution is 2.22. The van der Waals surface area contributed by atoms with Crippen LogP contribution in [0.15, 0.2) is 18.2 Å². The fraction of sp³-hybridized carbons (Fsp3) is 0.500. The number of hydrogen-bond donors (Lipinski definition) is 2. The Bertz CT molecular complexity index is 416. The lowest BCUT2D eigenvalue weighted by Gasteiger charge is -2.14. The Morgan fingerprint density at radius 2 is 2.11 bits per heavy atom. The van der Waals surface area contributed by atoms with E-state index in [0.717, 1.165) is 17.0 Å². The van der Waals surface area contributed by atoms with Crippen LogP contribution in [0.4, 0.5) is 5.69 Å². The summed E-state index contributed by atoms with van der Waals surface area (Å²) < 4.78 is 5.59. The second-order valence-electron chi connectivity index (χ2n) is 4.65. The molecule has 3 N–H and O–H groups in total. The number of amides is 1. The van der Waals surface area contributed by atoms with E-state index in [1.807, 2.05) is 45.9 Å². The van der Waals surface area contributed by atoms with Crippen molar-refractivity contribution in [3.8, 4) is 5.75 Å². The summed E-state index contributed by atoms with van der Waals surface area (Å²) >= 11 is 0. The lowest BCUT2D eigenvalue weighted by atomic mass is 10.1. The van der Waals surface area contributed by atoms with Crippen LogP contribution < -0.4 is 15.8 Å². The molecule has 0 saturated heterocycles. The normalized spacial score (nSPS) is 12.3. The fourth-order valence-corrected chi connectivity index (χ4v) is 1.53. The molecule has 0 bridgehead atoms. The monoisotopic (exact) mass is 250 g/mol. The number of hydrogen-bond acceptors (Lipinski definition) is 3. The van der Waals surface area contributed by atoms with Gasteiger partial charge in [-0.05, 0) is 51.0 Å². The molecule has 18 heavy (non-hydrogen) atoms. The SMILES string of the molecule is CCC(N)C(=O)Nc1ccc(OC(C)C)cc1C. The number of aryl methyl sites for hydroxylation is 1. The Morgan fingerprint density at radius 1 is 1.44 bits per heavy atom. The van der Waals surface area contributed by atoms with Crippen molar-refractivity contribution in [1.82, 2.24) is 0 Å². The van der Waals surface area contributed by atoms with Gasteiger partial charge in [0, 0.05) is 5.69 Å². The molecule has 100 valence electrons. The smallest absolute Gasteiger partial charge is 0.241 e. The summed E-state index contributed by atoms with van der Waals surface area (Å²) in [4.78, 5) is 11.7. The zero-order chi connectivity index (χ0) is 13.7. The maximum Gasteiger partial charge on any atom is 0.241 e. The van der Waals surface area contributed by atoms with Gasteiger partial charge in [0.25, 0.3) is 0 Å². The molecule has 0 aromatic heterocycles. The first-order valence-corrected chi connectivity index (χ1v) is 6.27. The Hall–Kier alpha value is -1.55. The van der Waals surface area contributed by atoms with Crippen molar-refractivity contribution in [2.45, 2.75) is 46.3 Å². The van der Waals surface area contributed by atoms with E-state index in [-0.39, 0.29) is 12.0 Å². The van der Waals surface area contributed by atoms with Gasteiger partial charge in [-0.15, -0.1) is 0 Å². The molecule has 0 aliphatic heterocycles. The summed E-state index contributed by atoms with van der Waals surface area (Å²) in [6, 6.07) is 5.14. The molecule has 0 fully saturated rings. The number of nitrogens with two attached hydrogens (primary N) is 1. The van der Waals surface area contributed by atoms with E-state index in [1.165, 1.54) is 0 Å². The van der Waals surface area contributed by atoms with Crippen LogP contribution in [-0.2, 0) is 4.79 Å². The van der Waals surface area contributed by atoms with Crippen molar-refractivity contribution < 1.29 is 9.53 Å². The minimum atomic E-state index is -0.462. The molecule has 0 aliphatic rings. The predicted octanol–water partition coefficient (Wildman–Crippen LogP) is 2.46. The average molecular weight is 250 g/mol. The summed E-state index contributed by atoms with van der Waals surface area (Å²) in [5.74, 6) is 0.651. The first-order valence-electron chi connectivity index (χ1n) is 6.27. The van der Waals surface area contributed by atoms with Crippen LogP contribution in [0.1, 0.15) is 32.8 Å². The van der Waals surface area contributed by atoms with Crippen molar-refractivity contribution in [2.24, 2.45) is 5.73 Å². The lowest BCUT2D eigenvalue weighted by Crippen LogP contribution is -2.34. The van der Waals surface area contributed by atoms with Crippen molar-refractivity contribution in [1.29, 1.82) is 0 Å². The van der Waals surface area contributed by atoms with Gasteiger partial charge < -0.3 is 15.8 Å². The molecular formula is C14H22N2O2. The maximum absolute atomic E-state index is 11.7. The molecule has 0 saturated carbocycles. The van der Waals surface area contributed by atoms with Crippen LogP contribution in [0.5, 0.6) is 5.75 Å². The second-order valence-corrected chi connectivity index (χ2v) is 4.65. The van der Waals surface area contributed by atoms with Crippen LogP contribution in [0, 0.1) is 6.92 Å². The zero-order valence-corrected chi connectivity index (χ0v) is 11.5. The van der Waals surface area contributed by atoms with Gasteiger partial charge in [-0.1, -0.05) is 6.92 Å². The number of rotatable bonds is 5. The second kappa shape index (κ2) is 6.40. The minimum absolute atomic E-state index is 0.137. The van der Waals surface area contributed by atoms with E-state index in [2.05, 4.69) is 5.32 Å². The minimum Gasteiger partial charge on any atom is -0.491 e. The highest BCUT2D eigenvalue weighted by Gasteiger charge is 2.12. The topological polar surface area (TPSA) is 64.4 Å². The molecule has 0 spiro atoms. The zero-order valence-electron chi connectivity index (χ0n) is 11.5. The first-order chi connectivity index (χ1) is 8.43. The number of anilines is 1. The summed E-state index contributed by atoms with van der Waals surface area (Å²) in [7, 11) is 0. The largest absolute Gasteiger partial charge is 0.491 e. The molecule has 0 heterocycles. The molecule has 1 aromatic carbocycles. The van der Waals surface area contributed by atoms with Gasteiger partial charge in [-0.25, -0.2) is 0 Å². The molecule has 1 atom stereocenters. The first kappa shape index (κ1) is 14.5. The van der Waals surface area contributed by atoms with Gasteiger partial charge in [0.15, 0.2) is 0 Å². The highest BCUT2D eigenvalue weighted by atomic mass is 16.5. The number of benzene rings is 1. The number of nitrogens with one attached hydrogen (secondary N) is 1. The third-order valence-electron chi connectivity index (χ3n) is 2.60. The third-order valence-corrected chi connectivity index (χ3v) is 2.60. The van der Waals surface area contributed by atoms with Crippen LogP contribution in [0.3, 0.4) is 0 Å². The van der Waals surface area contributed by atoms with Crippen molar-refractivity contribution in [3.63, 3.8) is 0 Å². The Kier molecular flexibility index (Phi) is 5.16. The van der Waals surface area contributed by atoms with Gasteiger partial charge in [0.1, 0.15) is 5.75 Å². The molecule has 0 aliphatic carbocycles. The summed E-state index contributed by atoms with van der Waals surface area (Å²) in [6.07, 6.45) is 0.762. The quantitative estimate of drug-likeness (QED) is 0.843. The predicted molar refractivity (Wildman–Crippen MR) is 73.8 cm³/mol. The fourth-order valence-electron chi connectivity index (χ4n) is 1.53. The molecular weight excluding hydrogens is 228 g/mol. The van der Waals surface area contributed by atoms with Crippen molar-refractivity contribution in [2.75, 3.05) is 5.32 Å². The van der Waals surface area contributed by atoms with Crippen LogP contribution in [-0.4, -0.2) is 18.1 Å². The molecule has 4 nitrogen and oxygen atoms in total. The summed E-state index contributed by atoms with van der Waals surface area (Å²) in [5, 5.41) is 2.82. The van der Waals surface area contributed by atoms with E-state index < -0.39 is 6.04 Å². The van der Waals surface area contributed by atoms with E-state index in [1.54, 1.807) is 0 Å². The van der Waals surface area contributed by atoms with Crippen molar-refractivity contribution in [3.05, 3.63) is 23.8 Å². The Morgan fingerprint density at radius 3 is 2.61 bits per heavy atom. The van der Waals surface area contributed by atoms with Gasteiger partial charge in [0.05, 0.1) is 12.1 Å². The molecule has 1 aromatic rings. The number of carbonyl (C=O) groups excluding carboxylic acids is 1. The van der Waals surface area contributed by atoms with Crippen LogP contribution in [0.25, 0.3) is 0 Å². The van der Waals surface area contributed by atoms with Crippen LogP contribution in [0.2, 0.25) is 0 Å². The number of carbonyl (C=O) groups is 1. The van der Waals surface area contributed by atoms with E-state index in [0.29, 0.717) is 6.42 Å². The molecule has 4 heteroatoms. The van der Waals surface area contributed by atoms with E-state index >= 15 is 0 Å². The standard InChI is InChI=1S/C14H22N2O2/c1-5-12(15)14(17)16-13-7-6-11(8-10(13)4)18-9(2)3/h6-9,12H,5,15H2,1-4H3,(H,16,17). The van der Waals surface area contributed by atoms with Gasteiger partial charge >= 0.3 is 0 Å². The van der Waals surface area contributed by atoms with Gasteiger partial charge in [-0.3, -0.25) is 4.79 Å². The van der Waals surface area contributed by atoms with Gasteiger partial charge in [0.2, 0.25) is 5.91 Å². The molecule has 0 radical (unpaired) electrons. The van der Waals surface area contributed by atoms with E-state index in [4.69, 9.17) is 10.5 Å². The molecule has 1 amide bonds. The lowest BCUT2D eigenvalue weighted by molar-refractivity contribution is -0.117. The van der Waals surface area contributed by atoms with Gasteiger partial charge in [-0.2, -0.15) is 0 Å². The molecule has 1 unspecified atom stereocenters. The third kappa shape index (κ3) is 4.04. The van der Waals surface area contributed by atoms with Crippen LogP contribution >= 0.6 is 0 Å². The van der Waals surface area contributed by atoms with Crippen molar-refractivity contribution >= 4 is 11.6 Å². The average Bonchev–Trinajstić information content (AvgIpc) is 2.30. The highest BCUT2D eigenvalue weighted by molar-refractivity contribution is 5.95. The molecule has 1 rings (SSSR count). The Balaban J connectivity index is 2.76. The summed E-state index contributed by atoms with van der Waals surface area (Å²) in [5.41, 5.74) is 7.41. The maximum atomic E-state index is 11.7. The number of ether oxygens (including phenoxy) is 1. The van der Waals surface area contributed by atoms with E-state index in [9.17, 15) is 4.79 Å². The summed E-state index contributed by atoms with van der Waals surface area (Å²) in [6.45, 7) is 7.77.